The van der Waals surface area contributed by atoms with E-state index in [1.807, 2.05) is 73.9 Å². The van der Waals surface area contributed by atoms with Crippen molar-refractivity contribution in [2.45, 2.75) is 40.2 Å². The highest BCUT2D eigenvalue weighted by Crippen LogP contribution is 2.24. The fraction of sp³-hybridized carbons (Fsp3) is 0.320. The molecule has 31 heavy (non-hydrogen) atoms. The normalized spacial score (nSPS) is 11.2. The SMILES string of the molecule is CCOc1ccccc1CN(C)C(=O)CCc1c(C)nc2c3ccccc3nn2c1C. The molecule has 2 aromatic heterocycles. The zero-order valence-electron chi connectivity index (χ0n) is 18.6. The van der Waals surface area contributed by atoms with Crippen LogP contribution in [0.3, 0.4) is 0 Å². The van der Waals surface area contributed by atoms with E-state index in [0.29, 0.717) is 26.0 Å². The van der Waals surface area contributed by atoms with Gasteiger partial charge in [0.05, 0.1) is 12.1 Å². The van der Waals surface area contributed by atoms with Crippen LogP contribution < -0.4 is 4.74 Å². The molecule has 0 bridgehead atoms. The van der Waals surface area contributed by atoms with Gasteiger partial charge in [0.2, 0.25) is 5.91 Å². The van der Waals surface area contributed by atoms with Crippen molar-refractivity contribution in [1.29, 1.82) is 0 Å². The third-order valence-corrected chi connectivity index (χ3v) is 5.71. The van der Waals surface area contributed by atoms with Gasteiger partial charge in [0.15, 0.2) is 5.65 Å². The summed E-state index contributed by atoms with van der Waals surface area (Å²) >= 11 is 0. The van der Waals surface area contributed by atoms with E-state index >= 15 is 0 Å². The van der Waals surface area contributed by atoms with Crippen molar-refractivity contribution in [1.82, 2.24) is 19.5 Å². The molecule has 2 aromatic carbocycles. The smallest absolute Gasteiger partial charge is 0.222 e. The first-order valence-electron chi connectivity index (χ1n) is 10.7. The van der Waals surface area contributed by atoms with Gasteiger partial charge in [0.1, 0.15) is 5.75 Å². The molecule has 0 saturated heterocycles. The number of hydrogen-bond acceptors (Lipinski definition) is 4. The molecule has 1 amide bonds. The molecule has 0 atom stereocenters. The average molecular weight is 417 g/mol. The number of carbonyl (C=O) groups is 1. The minimum atomic E-state index is 0.0934. The highest BCUT2D eigenvalue weighted by Gasteiger charge is 2.17. The Morgan fingerprint density at radius 3 is 2.65 bits per heavy atom. The van der Waals surface area contributed by atoms with Crippen molar-refractivity contribution in [2.24, 2.45) is 0 Å². The minimum absolute atomic E-state index is 0.0934. The van der Waals surface area contributed by atoms with Crippen LogP contribution in [0, 0.1) is 13.8 Å². The van der Waals surface area contributed by atoms with Gasteiger partial charge in [-0.2, -0.15) is 5.10 Å². The molecule has 0 N–H and O–H groups in total. The molecular formula is C25H28N4O2. The number of nitrogens with zero attached hydrogens (tertiary/aromatic N) is 4. The van der Waals surface area contributed by atoms with Gasteiger partial charge in [0.25, 0.3) is 0 Å². The van der Waals surface area contributed by atoms with Gasteiger partial charge in [-0.15, -0.1) is 0 Å². The predicted molar refractivity (Wildman–Crippen MR) is 122 cm³/mol. The van der Waals surface area contributed by atoms with Crippen LogP contribution in [-0.4, -0.2) is 39.1 Å². The van der Waals surface area contributed by atoms with Crippen LogP contribution in [0.2, 0.25) is 0 Å². The summed E-state index contributed by atoms with van der Waals surface area (Å²) in [7, 11) is 1.84. The second-order valence-electron chi connectivity index (χ2n) is 7.80. The lowest BCUT2D eigenvalue weighted by Crippen LogP contribution is -2.27. The Hall–Kier alpha value is -3.41. The van der Waals surface area contributed by atoms with Crippen LogP contribution in [0.25, 0.3) is 16.6 Å². The van der Waals surface area contributed by atoms with E-state index in [2.05, 4.69) is 6.92 Å². The molecule has 2 heterocycles. The van der Waals surface area contributed by atoms with Crippen LogP contribution in [0.15, 0.2) is 48.5 Å². The van der Waals surface area contributed by atoms with Crippen LogP contribution in [0.5, 0.6) is 5.75 Å². The summed E-state index contributed by atoms with van der Waals surface area (Å²) in [6.45, 7) is 7.15. The molecule has 4 rings (SSSR count). The number of hydrogen-bond donors (Lipinski definition) is 0. The summed E-state index contributed by atoms with van der Waals surface area (Å²) in [6.07, 6.45) is 1.05. The van der Waals surface area contributed by atoms with E-state index in [1.165, 1.54) is 0 Å². The predicted octanol–water partition coefficient (Wildman–Crippen LogP) is 4.49. The van der Waals surface area contributed by atoms with E-state index in [1.54, 1.807) is 4.90 Å². The molecule has 4 aromatic rings. The number of aromatic nitrogens is 3. The highest BCUT2D eigenvalue weighted by atomic mass is 16.5. The second kappa shape index (κ2) is 8.76. The van der Waals surface area contributed by atoms with Gasteiger partial charge < -0.3 is 9.64 Å². The molecule has 160 valence electrons. The molecule has 0 aliphatic rings. The van der Waals surface area contributed by atoms with E-state index < -0.39 is 0 Å². The first-order valence-corrected chi connectivity index (χ1v) is 10.7. The quantitative estimate of drug-likeness (QED) is 0.445. The second-order valence-corrected chi connectivity index (χ2v) is 7.80. The summed E-state index contributed by atoms with van der Waals surface area (Å²) in [4.78, 5) is 19.4. The lowest BCUT2D eigenvalue weighted by molar-refractivity contribution is -0.130. The van der Waals surface area contributed by atoms with Gasteiger partial charge in [0, 0.05) is 42.4 Å². The standard InChI is InChI=1S/C25H28N4O2/c1-5-31-23-13-9-6-10-19(23)16-28(4)24(30)15-14-20-17(2)26-25-21-11-7-8-12-22(21)27-29(25)18(20)3/h6-13H,5,14-16H2,1-4H3. The number of para-hydroxylation sites is 1. The Kier molecular flexibility index (Phi) is 5.89. The van der Waals surface area contributed by atoms with E-state index in [-0.39, 0.29) is 5.91 Å². The fourth-order valence-electron chi connectivity index (χ4n) is 4.04. The molecular weight excluding hydrogens is 388 g/mol. The van der Waals surface area contributed by atoms with Crippen LogP contribution in [0.4, 0.5) is 0 Å². The molecule has 0 fully saturated rings. The monoisotopic (exact) mass is 416 g/mol. The van der Waals surface area contributed by atoms with Crippen LogP contribution in [0.1, 0.15) is 35.9 Å². The molecule has 0 unspecified atom stereocenters. The maximum atomic E-state index is 12.9. The van der Waals surface area contributed by atoms with Gasteiger partial charge in [-0.25, -0.2) is 9.50 Å². The third-order valence-electron chi connectivity index (χ3n) is 5.71. The Bertz CT molecular complexity index is 1250. The van der Waals surface area contributed by atoms with Crippen molar-refractivity contribution in [3.05, 3.63) is 71.0 Å². The molecule has 0 saturated carbocycles. The zero-order valence-corrected chi connectivity index (χ0v) is 18.6. The Morgan fingerprint density at radius 1 is 1.10 bits per heavy atom. The highest BCUT2D eigenvalue weighted by molar-refractivity contribution is 5.92. The molecule has 0 spiro atoms. The Balaban J connectivity index is 1.51. The topological polar surface area (TPSA) is 59.7 Å². The van der Waals surface area contributed by atoms with E-state index in [4.69, 9.17) is 14.8 Å². The van der Waals surface area contributed by atoms with Gasteiger partial charge >= 0.3 is 0 Å². The van der Waals surface area contributed by atoms with Crippen molar-refractivity contribution in [3.63, 3.8) is 0 Å². The van der Waals surface area contributed by atoms with Crippen LogP contribution >= 0.6 is 0 Å². The fourth-order valence-corrected chi connectivity index (χ4v) is 4.04. The number of fused-ring (bicyclic) bond motifs is 3. The maximum absolute atomic E-state index is 12.9. The molecule has 6 heteroatoms. The number of rotatable bonds is 7. The summed E-state index contributed by atoms with van der Waals surface area (Å²) in [5.74, 6) is 0.924. The summed E-state index contributed by atoms with van der Waals surface area (Å²) < 4.78 is 7.59. The number of benzene rings is 2. The summed E-state index contributed by atoms with van der Waals surface area (Å²) in [6, 6.07) is 15.9. The van der Waals surface area contributed by atoms with Gasteiger partial charge in [-0.3, -0.25) is 4.79 Å². The lowest BCUT2D eigenvalue weighted by atomic mass is 10.1. The van der Waals surface area contributed by atoms with Crippen molar-refractivity contribution < 1.29 is 9.53 Å². The van der Waals surface area contributed by atoms with Crippen LogP contribution in [-0.2, 0) is 17.8 Å². The maximum Gasteiger partial charge on any atom is 0.222 e. The first kappa shape index (κ1) is 20.8. The number of carbonyl (C=O) groups excluding carboxylic acids is 1. The summed E-state index contributed by atoms with van der Waals surface area (Å²) in [5, 5.41) is 5.75. The average Bonchev–Trinajstić information content (AvgIpc) is 3.14. The van der Waals surface area contributed by atoms with E-state index in [0.717, 1.165) is 44.8 Å². The molecule has 0 aliphatic heterocycles. The summed E-state index contributed by atoms with van der Waals surface area (Å²) in [5.41, 5.74) is 5.88. The number of ether oxygens (including phenoxy) is 1. The largest absolute Gasteiger partial charge is 0.494 e. The van der Waals surface area contributed by atoms with Gasteiger partial charge in [-0.05, 0) is 51.0 Å². The minimum Gasteiger partial charge on any atom is -0.494 e. The molecule has 0 aliphatic carbocycles. The Labute approximate surface area is 182 Å². The Morgan fingerprint density at radius 2 is 1.84 bits per heavy atom. The molecule has 6 nitrogen and oxygen atoms in total. The number of aryl methyl sites for hydroxylation is 2. The third kappa shape index (κ3) is 4.10. The van der Waals surface area contributed by atoms with Gasteiger partial charge in [-0.1, -0.05) is 30.3 Å². The van der Waals surface area contributed by atoms with Crippen molar-refractivity contribution >= 4 is 22.5 Å². The molecule has 0 radical (unpaired) electrons. The number of amides is 1. The zero-order chi connectivity index (χ0) is 22.0. The van der Waals surface area contributed by atoms with Crippen molar-refractivity contribution in [3.8, 4) is 5.75 Å². The van der Waals surface area contributed by atoms with Crippen molar-refractivity contribution in [2.75, 3.05) is 13.7 Å². The lowest BCUT2D eigenvalue weighted by Gasteiger charge is -2.20. The van der Waals surface area contributed by atoms with E-state index in [9.17, 15) is 4.79 Å². The first-order chi connectivity index (χ1) is 15.0.